The Morgan fingerprint density at radius 3 is 2.44 bits per heavy atom. The zero-order valence-corrected chi connectivity index (χ0v) is 16.0. The van der Waals surface area contributed by atoms with Crippen molar-refractivity contribution in [2.24, 2.45) is 0 Å². The van der Waals surface area contributed by atoms with Crippen molar-refractivity contribution in [1.82, 2.24) is 4.98 Å². The second-order valence-corrected chi connectivity index (χ2v) is 6.36. The summed E-state index contributed by atoms with van der Waals surface area (Å²) in [5, 5.41) is 10.4. The maximum absolute atomic E-state index is 11.9. The van der Waals surface area contributed by atoms with E-state index in [-0.39, 0.29) is 5.56 Å². The third-order valence-corrected chi connectivity index (χ3v) is 4.32. The van der Waals surface area contributed by atoms with Crippen LogP contribution in [0.4, 0.5) is 0 Å². The van der Waals surface area contributed by atoms with Crippen molar-refractivity contribution in [1.29, 1.82) is 0 Å². The second kappa shape index (κ2) is 7.66. The van der Waals surface area contributed by atoms with Crippen molar-refractivity contribution in [2.75, 3.05) is 13.2 Å². The molecule has 0 unspecified atom stereocenters. The van der Waals surface area contributed by atoms with Gasteiger partial charge in [-0.3, -0.25) is 0 Å². The van der Waals surface area contributed by atoms with Gasteiger partial charge in [0.05, 0.1) is 30.0 Å². The number of fused-ring (bicyclic) bond motifs is 1. The minimum Gasteiger partial charge on any atom is -0.494 e. The molecule has 140 valence electrons. The number of carboxylic acid groups (broad SMARTS) is 1. The van der Waals surface area contributed by atoms with Crippen LogP contribution < -0.4 is 9.47 Å². The minimum absolute atomic E-state index is 0.234. The molecule has 27 heavy (non-hydrogen) atoms. The van der Waals surface area contributed by atoms with Gasteiger partial charge in [-0.05, 0) is 57.5 Å². The normalized spacial score (nSPS) is 10.8. The smallest absolute Gasteiger partial charge is 0.336 e. The van der Waals surface area contributed by atoms with Crippen LogP contribution in [0.5, 0.6) is 11.5 Å². The summed E-state index contributed by atoms with van der Waals surface area (Å²) < 4.78 is 11.3. The first-order valence-electron chi connectivity index (χ1n) is 8.99. The van der Waals surface area contributed by atoms with Gasteiger partial charge in [0.15, 0.2) is 0 Å². The Bertz CT molecular complexity index is 1010. The number of aromatic carboxylic acids is 1. The van der Waals surface area contributed by atoms with Gasteiger partial charge in [-0.2, -0.15) is 0 Å². The molecule has 3 rings (SSSR count). The van der Waals surface area contributed by atoms with Gasteiger partial charge >= 0.3 is 5.97 Å². The molecule has 3 aromatic rings. The Hall–Kier alpha value is -3.08. The molecule has 0 radical (unpaired) electrons. The molecule has 1 aromatic heterocycles. The molecule has 0 bridgehead atoms. The maximum Gasteiger partial charge on any atom is 0.336 e. The number of pyridine rings is 1. The third-order valence-electron chi connectivity index (χ3n) is 4.32. The van der Waals surface area contributed by atoms with Crippen molar-refractivity contribution in [3.05, 3.63) is 53.1 Å². The SMILES string of the molecule is CCOc1ccc(-c2cc(C(=O)O)c3cc(C)cc(C)c3n2)c(OCC)c1. The van der Waals surface area contributed by atoms with E-state index in [0.717, 1.165) is 16.7 Å². The fourth-order valence-electron chi connectivity index (χ4n) is 3.24. The summed E-state index contributed by atoms with van der Waals surface area (Å²) in [6.07, 6.45) is 0. The van der Waals surface area contributed by atoms with Gasteiger partial charge in [0.1, 0.15) is 11.5 Å². The van der Waals surface area contributed by atoms with Crippen molar-refractivity contribution >= 4 is 16.9 Å². The van der Waals surface area contributed by atoms with Crippen LogP contribution in [0.2, 0.25) is 0 Å². The van der Waals surface area contributed by atoms with Crippen LogP contribution in [0.25, 0.3) is 22.2 Å². The number of hydrogen-bond acceptors (Lipinski definition) is 4. The average molecular weight is 365 g/mol. The Morgan fingerprint density at radius 2 is 1.78 bits per heavy atom. The molecule has 0 saturated heterocycles. The van der Waals surface area contributed by atoms with Gasteiger partial charge < -0.3 is 14.6 Å². The molecule has 1 heterocycles. The number of nitrogens with zero attached hydrogens (tertiary/aromatic N) is 1. The van der Waals surface area contributed by atoms with Crippen molar-refractivity contribution in [3.63, 3.8) is 0 Å². The van der Waals surface area contributed by atoms with E-state index in [1.165, 1.54) is 0 Å². The molecule has 5 heteroatoms. The van der Waals surface area contributed by atoms with E-state index < -0.39 is 5.97 Å². The molecule has 0 atom stereocenters. The highest BCUT2D eigenvalue weighted by atomic mass is 16.5. The molecule has 0 fully saturated rings. The molecule has 0 aliphatic carbocycles. The number of aromatic nitrogens is 1. The van der Waals surface area contributed by atoms with Crippen LogP contribution in [0.3, 0.4) is 0 Å². The van der Waals surface area contributed by atoms with E-state index >= 15 is 0 Å². The zero-order valence-electron chi connectivity index (χ0n) is 16.0. The molecule has 0 spiro atoms. The molecule has 0 aliphatic rings. The van der Waals surface area contributed by atoms with E-state index in [9.17, 15) is 9.90 Å². The number of aryl methyl sites for hydroxylation is 2. The van der Waals surface area contributed by atoms with E-state index in [0.29, 0.717) is 41.3 Å². The lowest BCUT2D eigenvalue weighted by atomic mass is 9.99. The molecular weight excluding hydrogens is 342 g/mol. The van der Waals surface area contributed by atoms with Gasteiger partial charge in [-0.25, -0.2) is 9.78 Å². The minimum atomic E-state index is -0.974. The summed E-state index contributed by atoms with van der Waals surface area (Å²) in [5.74, 6) is 0.352. The number of carbonyl (C=O) groups is 1. The molecule has 0 aliphatic heterocycles. The lowest BCUT2D eigenvalue weighted by Crippen LogP contribution is -2.03. The average Bonchev–Trinajstić information content (AvgIpc) is 2.62. The van der Waals surface area contributed by atoms with Crippen molar-refractivity contribution in [3.8, 4) is 22.8 Å². The van der Waals surface area contributed by atoms with Gasteiger partial charge in [0.2, 0.25) is 0 Å². The number of ether oxygens (including phenoxy) is 2. The predicted octanol–water partition coefficient (Wildman–Crippen LogP) is 5.01. The Kier molecular flexibility index (Phi) is 5.31. The quantitative estimate of drug-likeness (QED) is 0.665. The predicted molar refractivity (Wildman–Crippen MR) is 106 cm³/mol. The summed E-state index contributed by atoms with van der Waals surface area (Å²) in [7, 11) is 0. The fourth-order valence-corrected chi connectivity index (χ4v) is 3.24. The third kappa shape index (κ3) is 3.72. The van der Waals surface area contributed by atoms with Crippen molar-refractivity contribution in [2.45, 2.75) is 27.7 Å². The molecule has 0 amide bonds. The number of rotatable bonds is 6. The molecular formula is C22H23NO4. The Morgan fingerprint density at radius 1 is 1.04 bits per heavy atom. The lowest BCUT2D eigenvalue weighted by molar-refractivity contribution is 0.0699. The summed E-state index contributed by atoms with van der Waals surface area (Å²) >= 11 is 0. The highest BCUT2D eigenvalue weighted by molar-refractivity contribution is 6.05. The van der Waals surface area contributed by atoms with Crippen LogP contribution in [0.1, 0.15) is 35.3 Å². The van der Waals surface area contributed by atoms with Crippen LogP contribution in [0.15, 0.2) is 36.4 Å². The Balaban J connectivity index is 2.27. The van der Waals surface area contributed by atoms with Crippen LogP contribution in [-0.4, -0.2) is 29.3 Å². The summed E-state index contributed by atoms with van der Waals surface area (Å²) in [6.45, 7) is 8.76. The first kappa shape index (κ1) is 18.7. The lowest BCUT2D eigenvalue weighted by Gasteiger charge is -2.14. The van der Waals surface area contributed by atoms with Crippen LogP contribution >= 0.6 is 0 Å². The monoisotopic (exact) mass is 365 g/mol. The molecule has 0 saturated carbocycles. The highest BCUT2D eigenvalue weighted by Crippen LogP contribution is 2.35. The maximum atomic E-state index is 11.9. The largest absolute Gasteiger partial charge is 0.494 e. The van der Waals surface area contributed by atoms with Crippen LogP contribution in [0, 0.1) is 13.8 Å². The zero-order chi connectivity index (χ0) is 19.6. The summed E-state index contributed by atoms with van der Waals surface area (Å²) in [6, 6.07) is 11.0. The van der Waals surface area contributed by atoms with Gasteiger partial charge in [-0.15, -0.1) is 0 Å². The van der Waals surface area contributed by atoms with Gasteiger partial charge in [0, 0.05) is 17.0 Å². The van der Waals surface area contributed by atoms with E-state index in [1.54, 1.807) is 6.07 Å². The van der Waals surface area contributed by atoms with E-state index in [1.807, 2.05) is 58.0 Å². The first-order chi connectivity index (χ1) is 12.9. The standard InChI is InChI=1S/C22H23NO4/c1-5-26-15-7-8-16(20(11-15)27-6-2)19-12-18(22(24)25)17-10-13(3)9-14(4)21(17)23-19/h7-12H,5-6H2,1-4H3,(H,24,25). The van der Waals surface area contributed by atoms with Crippen LogP contribution in [-0.2, 0) is 0 Å². The number of benzene rings is 2. The van der Waals surface area contributed by atoms with E-state index in [2.05, 4.69) is 0 Å². The van der Waals surface area contributed by atoms with Gasteiger partial charge in [0.25, 0.3) is 0 Å². The molecule has 1 N–H and O–H groups in total. The molecule has 2 aromatic carbocycles. The first-order valence-corrected chi connectivity index (χ1v) is 8.99. The number of carboxylic acids is 1. The number of hydrogen-bond donors (Lipinski definition) is 1. The highest BCUT2D eigenvalue weighted by Gasteiger charge is 2.17. The fraction of sp³-hybridized carbons (Fsp3) is 0.273. The summed E-state index contributed by atoms with van der Waals surface area (Å²) in [4.78, 5) is 16.7. The summed E-state index contributed by atoms with van der Waals surface area (Å²) in [5.41, 5.74) is 4.18. The van der Waals surface area contributed by atoms with Crippen molar-refractivity contribution < 1.29 is 19.4 Å². The van der Waals surface area contributed by atoms with Gasteiger partial charge in [-0.1, -0.05) is 11.6 Å². The second-order valence-electron chi connectivity index (χ2n) is 6.36. The Labute approximate surface area is 158 Å². The van der Waals surface area contributed by atoms with E-state index in [4.69, 9.17) is 14.5 Å². The topological polar surface area (TPSA) is 68.7 Å². The molecule has 5 nitrogen and oxygen atoms in total.